The Kier molecular flexibility index (Phi) is 4.67. The predicted octanol–water partition coefficient (Wildman–Crippen LogP) is 2.95. The second kappa shape index (κ2) is 6.06. The van der Waals surface area contributed by atoms with Crippen LogP contribution < -0.4 is 5.32 Å². The summed E-state index contributed by atoms with van der Waals surface area (Å²) in [5.74, 6) is 4.27. The predicted molar refractivity (Wildman–Crippen MR) is 74.5 cm³/mol. The minimum absolute atomic E-state index is 0.119. The topological polar surface area (TPSA) is 51.0 Å². The molecular weight excluding hydrogens is 246 g/mol. The zero-order valence-electron chi connectivity index (χ0n) is 11.5. The third-order valence-corrected chi connectivity index (χ3v) is 4.61. The minimum Gasteiger partial charge on any atom is -0.337 e. The van der Waals surface area contributed by atoms with Gasteiger partial charge in [0.05, 0.1) is 11.3 Å². The van der Waals surface area contributed by atoms with Gasteiger partial charge in [-0.05, 0) is 44.4 Å². The van der Waals surface area contributed by atoms with E-state index in [1.165, 1.54) is 12.8 Å². The first kappa shape index (κ1) is 13.9. The lowest BCUT2D eigenvalue weighted by molar-refractivity contribution is 0.206. The first-order chi connectivity index (χ1) is 8.60. The quantitative estimate of drug-likeness (QED) is 0.890. The Morgan fingerprint density at radius 1 is 1.44 bits per heavy atom. The standard InChI is InChI=1S/C13H23N3OS/c1-10(2)8-18-9-11-15-12(17-16-11)13(3)6-4-5-7-14-13/h10,14H,4-9H2,1-3H3. The van der Waals surface area contributed by atoms with E-state index in [0.717, 1.165) is 36.2 Å². The molecule has 4 nitrogen and oxygen atoms in total. The Balaban J connectivity index is 1.92. The zero-order chi connectivity index (χ0) is 13.0. The molecule has 0 aliphatic carbocycles. The van der Waals surface area contributed by atoms with E-state index >= 15 is 0 Å². The summed E-state index contributed by atoms with van der Waals surface area (Å²) in [5, 5.41) is 7.58. The fourth-order valence-corrected chi connectivity index (χ4v) is 3.05. The Hall–Kier alpha value is -0.550. The van der Waals surface area contributed by atoms with E-state index in [1.54, 1.807) is 0 Å². The lowest BCUT2D eigenvalue weighted by Gasteiger charge is -2.31. The molecule has 0 amide bonds. The average Bonchev–Trinajstić information content (AvgIpc) is 2.79. The van der Waals surface area contributed by atoms with Crippen LogP contribution in [0.1, 0.15) is 51.7 Å². The van der Waals surface area contributed by atoms with Gasteiger partial charge in [0, 0.05) is 0 Å². The van der Waals surface area contributed by atoms with Gasteiger partial charge in [-0.3, -0.25) is 0 Å². The number of nitrogens with one attached hydrogen (secondary N) is 1. The minimum atomic E-state index is -0.119. The maximum atomic E-state index is 5.43. The molecule has 0 aromatic carbocycles. The Bertz CT molecular complexity index is 372. The number of nitrogens with zero attached hydrogens (tertiary/aromatic N) is 2. The molecule has 1 aromatic rings. The first-order valence-electron chi connectivity index (χ1n) is 6.76. The van der Waals surface area contributed by atoms with Gasteiger partial charge in [0.2, 0.25) is 5.89 Å². The van der Waals surface area contributed by atoms with Crippen molar-refractivity contribution in [2.45, 2.75) is 51.3 Å². The van der Waals surface area contributed by atoms with Crippen LogP contribution in [0.2, 0.25) is 0 Å². The van der Waals surface area contributed by atoms with Gasteiger partial charge in [-0.25, -0.2) is 0 Å². The fraction of sp³-hybridized carbons (Fsp3) is 0.846. The third-order valence-electron chi connectivity index (χ3n) is 3.24. The van der Waals surface area contributed by atoms with Crippen LogP contribution in [0.5, 0.6) is 0 Å². The van der Waals surface area contributed by atoms with Gasteiger partial charge < -0.3 is 9.84 Å². The van der Waals surface area contributed by atoms with Crippen LogP contribution in [0, 0.1) is 5.92 Å². The number of piperidine rings is 1. The molecule has 0 radical (unpaired) electrons. The smallest absolute Gasteiger partial charge is 0.246 e. The second-order valence-electron chi connectivity index (χ2n) is 5.64. The van der Waals surface area contributed by atoms with Crippen molar-refractivity contribution in [1.29, 1.82) is 0 Å². The van der Waals surface area contributed by atoms with Crippen LogP contribution in [0.25, 0.3) is 0 Å². The number of hydrogen-bond donors (Lipinski definition) is 1. The summed E-state index contributed by atoms with van der Waals surface area (Å²) in [4.78, 5) is 4.54. The molecule has 1 saturated heterocycles. The molecule has 0 saturated carbocycles. The lowest BCUT2D eigenvalue weighted by atomic mass is 9.91. The largest absolute Gasteiger partial charge is 0.337 e. The monoisotopic (exact) mass is 269 g/mol. The summed E-state index contributed by atoms with van der Waals surface area (Å²) in [6.07, 6.45) is 3.54. The second-order valence-corrected chi connectivity index (χ2v) is 6.67. The highest BCUT2D eigenvalue weighted by Gasteiger charge is 2.33. The van der Waals surface area contributed by atoms with Crippen molar-refractivity contribution in [3.8, 4) is 0 Å². The molecule has 1 aromatic heterocycles. The summed E-state index contributed by atoms with van der Waals surface area (Å²) < 4.78 is 5.43. The van der Waals surface area contributed by atoms with Crippen molar-refractivity contribution in [2.75, 3.05) is 12.3 Å². The van der Waals surface area contributed by atoms with Crippen LogP contribution in [0.4, 0.5) is 0 Å². The number of hydrogen-bond acceptors (Lipinski definition) is 5. The van der Waals surface area contributed by atoms with Crippen molar-refractivity contribution in [1.82, 2.24) is 15.5 Å². The number of rotatable bonds is 5. The van der Waals surface area contributed by atoms with E-state index < -0.39 is 0 Å². The molecule has 1 aliphatic heterocycles. The Morgan fingerprint density at radius 2 is 2.28 bits per heavy atom. The molecule has 1 N–H and O–H groups in total. The van der Waals surface area contributed by atoms with Crippen LogP contribution >= 0.6 is 11.8 Å². The number of aromatic nitrogens is 2. The highest BCUT2D eigenvalue weighted by molar-refractivity contribution is 7.98. The summed E-state index contributed by atoms with van der Waals surface area (Å²) in [5.41, 5.74) is -0.119. The van der Waals surface area contributed by atoms with Crippen molar-refractivity contribution in [3.63, 3.8) is 0 Å². The van der Waals surface area contributed by atoms with Gasteiger partial charge in [-0.1, -0.05) is 19.0 Å². The molecule has 1 fully saturated rings. The molecule has 1 atom stereocenters. The Morgan fingerprint density at radius 3 is 2.94 bits per heavy atom. The SMILES string of the molecule is CC(C)CSCc1noc(C2(C)CCCCN2)n1. The molecule has 0 bridgehead atoms. The van der Waals surface area contributed by atoms with Gasteiger partial charge >= 0.3 is 0 Å². The van der Waals surface area contributed by atoms with E-state index in [4.69, 9.17) is 4.52 Å². The summed E-state index contributed by atoms with van der Waals surface area (Å²) in [6.45, 7) is 7.64. The summed E-state index contributed by atoms with van der Waals surface area (Å²) in [6, 6.07) is 0. The summed E-state index contributed by atoms with van der Waals surface area (Å²) in [7, 11) is 0. The van der Waals surface area contributed by atoms with Crippen molar-refractivity contribution in [2.24, 2.45) is 5.92 Å². The van der Waals surface area contributed by atoms with Crippen molar-refractivity contribution >= 4 is 11.8 Å². The molecule has 5 heteroatoms. The van der Waals surface area contributed by atoms with E-state index in [2.05, 4.69) is 36.2 Å². The zero-order valence-corrected chi connectivity index (χ0v) is 12.3. The van der Waals surface area contributed by atoms with Gasteiger partial charge in [0.25, 0.3) is 0 Å². The normalized spacial score (nSPS) is 24.7. The number of thioether (sulfide) groups is 1. The first-order valence-corrected chi connectivity index (χ1v) is 7.91. The molecule has 1 aliphatic rings. The van der Waals surface area contributed by atoms with Crippen LogP contribution in [0.3, 0.4) is 0 Å². The molecule has 1 unspecified atom stereocenters. The highest BCUT2D eigenvalue weighted by Crippen LogP contribution is 2.28. The van der Waals surface area contributed by atoms with Crippen LogP contribution in [-0.4, -0.2) is 22.4 Å². The average molecular weight is 269 g/mol. The Labute approximate surface area is 113 Å². The van der Waals surface area contributed by atoms with E-state index in [-0.39, 0.29) is 5.54 Å². The molecule has 0 spiro atoms. The molecule has 18 heavy (non-hydrogen) atoms. The molecule has 2 heterocycles. The van der Waals surface area contributed by atoms with E-state index in [0.29, 0.717) is 5.92 Å². The van der Waals surface area contributed by atoms with Crippen LogP contribution in [0.15, 0.2) is 4.52 Å². The van der Waals surface area contributed by atoms with E-state index in [9.17, 15) is 0 Å². The summed E-state index contributed by atoms with van der Waals surface area (Å²) >= 11 is 1.87. The third kappa shape index (κ3) is 3.48. The lowest BCUT2D eigenvalue weighted by Crippen LogP contribution is -2.43. The van der Waals surface area contributed by atoms with Gasteiger partial charge in [0.1, 0.15) is 0 Å². The maximum absolute atomic E-state index is 5.43. The van der Waals surface area contributed by atoms with E-state index in [1.807, 2.05) is 11.8 Å². The highest BCUT2D eigenvalue weighted by atomic mass is 32.2. The van der Waals surface area contributed by atoms with Crippen molar-refractivity contribution in [3.05, 3.63) is 11.7 Å². The fourth-order valence-electron chi connectivity index (χ4n) is 2.16. The molecule has 2 rings (SSSR count). The van der Waals surface area contributed by atoms with Gasteiger partial charge in [0.15, 0.2) is 5.82 Å². The molecular formula is C13H23N3OS. The van der Waals surface area contributed by atoms with Crippen LogP contribution in [-0.2, 0) is 11.3 Å². The molecule has 102 valence electrons. The van der Waals surface area contributed by atoms with Gasteiger partial charge in [-0.15, -0.1) is 0 Å². The van der Waals surface area contributed by atoms with Gasteiger partial charge in [-0.2, -0.15) is 16.7 Å². The van der Waals surface area contributed by atoms with Crippen molar-refractivity contribution < 1.29 is 4.52 Å². The maximum Gasteiger partial charge on any atom is 0.246 e.